The van der Waals surface area contributed by atoms with Gasteiger partial charge < -0.3 is 0 Å². The maximum Gasteiger partial charge on any atom is -0.0181 e. The lowest BCUT2D eigenvalue weighted by atomic mass is 10.1. The molecule has 0 aliphatic rings. The molecule has 0 nitrogen and oxygen atoms in total. The first-order valence-electron chi connectivity index (χ1n) is 10.7. The van der Waals surface area contributed by atoms with E-state index in [1.165, 1.54) is 33.0 Å². The summed E-state index contributed by atoms with van der Waals surface area (Å²) in [7, 11) is 0. The largest absolute Gasteiger partial charge is 0.0776 e. The fraction of sp³-hybridized carbons (Fsp3) is 0.290. The summed E-state index contributed by atoms with van der Waals surface area (Å²) in [6.07, 6.45) is 3.39. The van der Waals surface area contributed by atoms with E-state index in [1.807, 2.05) is 6.07 Å². The molecule has 0 N–H and O–H groups in total. The fourth-order valence-electron chi connectivity index (χ4n) is 3.00. The first-order valence-corrected chi connectivity index (χ1v) is 10.7. The molecule has 0 aliphatic heterocycles. The van der Waals surface area contributed by atoms with Crippen LogP contribution in [0.1, 0.15) is 57.9 Å². The van der Waals surface area contributed by atoms with Crippen molar-refractivity contribution in [2.45, 2.75) is 61.8 Å². The Morgan fingerprint density at radius 3 is 1.42 bits per heavy atom. The van der Waals surface area contributed by atoms with Crippen LogP contribution in [-0.2, 0) is 19.3 Å². The van der Waals surface area contributed by atoms with Gasteiger partial charge in [0.15, 0.2) is 0 Å². The molecular weight excluding hydrogens is 372 g/mol. The Balaban J connectivity index is 0.000000432. The van der Waals surface area contributed by atoms with Crippen molar-refractivity contribution in [1.29, 1.82) is 0 Å². The van der Waals surface area contributed by atoms with Gasteiger partial charge >= 0.3 is 0 Å². The molecule has 4 rings (SSSR count). The minimum Gasteiger partial charge on any atom is -0.0776 e. The lowest BCUT2D eigenvalue weighted by molar-refractivity contribution is 1.14. The number of fused-ring (bicyclic) bond motifs is 1. The Kier molecular flexibility index (Phi) is 14.4. The van der Waals surface area contributed by atoms with Gasteiger partial charge in [0.1, 0.15) is 0 Å². The summed E-state index contributed by atoms with van der Waals surface area (Å²) in [6.45, 7) is 8.63. The molecule has 166 valence electrons. The van der Waals surface area contributed by atoms with E-state index >= 15 is 0 Å². The highest BCUT2D eigenvalue weighted by molar-refractivity contribution is 5.82. The molecule has 0 radical (unpaired) electrons. The van der Waals surface area contributed by atoms with Crippen LogP contribution >= 0.6 is 0 Å². The van der Waals surface area contributed by atoms with Gasteiger partial charge in [0.2, 0.25) is 0 Å². The summed E-state index contributed by atoms with van der Waals surface area (Å²) >= 11 is 0. The van der Waals surface area contributed by atoms with Gasteiger partial charge in [-0.05, 0) is 53.6 Å². The van der Waals surface area contributed by atoms with E-state index in [0.717, 1.165) is 19.3 Å². The number of benzene rings is 4. The summed E-state index contributed by atoms with van der Waals surface area (Å²) < 4.78 is 0. The lowest BCUT2D eigenvalue weighted by Crippen LogP contribution is -1.79. The number of rotatable bonds is 3. The molecule has 0 bridgehead atoms. The van der Waals surface area contributed by atoms with Gasteiger partial charge in [0, 0.05) is 0 Å². The van der Waals surface area contributed by atoms with Crippen molar-refractivity contribution in [2.24, 2.45) is 0 Å². The van der Waals surface area contributed by atoms with Crippen LogP contribution in [0.5, 0.6) is 0 Å². The SMILES string of the molecule is C.C.CCc1ccc(C)cc1.CCc1ccc2ccccc2c1.CCc1ccccc1. The van der Waals surface area contributed by atoms with Gasteiger partial charge in [-0.1, -0.05) is 138 Å². The van der Waals surface area contributed by atoms with E-state index in [1.54, 1.807) is 0 Å². The van der Waals surface area contributed by atoms with Crippen LogP contribution in [0.15, 0.2) is 97.1 Å². The highest BCUT2D eigenvalue weighted by Crippen LogP contribution is 2.15. The van der Waals surface area contributed by atoms with Crippen molar-refractivity contribution in [3.63, 3.8) is 0 Å². The third-order valence-corrected chi connectivity index (χ3v) is 5.00. The molecule has 4 aromatic carbocycles. The summed E-state index contributed by atoms with van der Waals surface area (Å²) in [4.78, 5) is 0. The van der Waals surface area contributed by atoms with Gasteiger partial charge in [-0.3, -0.25) is 0 Å². The van der Waals surface area contributed by atoms with Crippen molar-refractivity contribution >= 4 is 10.8 Å². The average Bonchev–Trinajstić information content (AvgIpc) is 2.80. The van der Waals surface area contributed by atoms with E-state index in [0.29, 0.717) is 0 Å². The minimum atomic E-state index is 0. The Bertz CT molecular complexity index is 950. The zero-order valence-corrected chi connectivity index (χ0v) is 18.4. The van der Waals surface area contributed by atoms with Gasteiger partial charge in [0.25, 0.3) is 0 Å². The average molecular weight is 415 g/mol. The molecule has 0 spiro atoms. The molecule has 0 heterocycles. The second-order valence-electron chi connectivity index (χ2n) is 7.21. The molecule has 0 unspecified atom stereocenters. The summed E-state index contributed by atoms with van der Waals surface area (Å²) in [5, 5.41) is 2.67. The molecule has 31 heavy (non-hydrogen) atoms. The van der Waals surface area contributed by atoms with Crippen LogP contribution in [-0.4, -0.2) is 0 Å². The van der Waals surface area contributed by atoms with Crippen LogP contribution in [0, 0.1) is 6.92 Å². The predicted octanol–water partition coefficient (Wildman–Crippen LogP) is 9.48. The quantitative estimate of drug-likeness (QED) is 0.313. The Labute approximate surface area is 192 Å². The highest BCUT2D eigenvalue weighted by atomic mass is 14.0. The first-order chi connectivity index (χ1) is 14.2. The summed E-state index contributed by atoms with van der Waals surface area (Å²) in [5.41, 5.74) is 5.58. The Morgan fingerprint density at radius 2 is 0.903 bits per heavy atom. The van der Waals surface area contributed by atoms with Gasteiger partial charge in [-0.15, -0.1) is 0 Å². The normalized spacial score (nSPS) is 9.16. The molecule has 0 atom stereocenters. The van der Waals surface area contributed by atoms with E-state index in [4.69, 9.17) is 0 Å². The molecule has 0 heteroatoms. The molecule has 0 aromatic heterocycles. The Morgan fingerprint density at radius 1 is 0.452 bits per heavy atom. The topological polar surface area (TPSA) is 0 Å². The van der Waals surface area contributed by atoms with E-state index < -0.39 is 0 Å². The number of hydrogen-bond acceptors (Lipinski definition) is 0. The van der Waals surface area contributed by atoms with Crippen LogP contribution in [0.25, 0.3) is 10.8 Å². The van der Waals surface area contributed by atoms with Crippen LogP contribution in [0.4, 0.5) is 0 Å². The van der Waals surface area contributed by atoms with Crippen LogP contribution in [0.2, 0.25) is 0 Å². The van der Waals surface area contributed by atoms with E-state index in [2.05, 4.69) is 119 Å². The molecular formula is C31H42. The summed E-state index contributed by atoms with van der Waals surface area (Å²) in [6, 6.07) is 34.2. The summed E-state index contributed by atoms with van der Waals surface area (Å²) in [5.74, 6) is 0. The maximum absolute atomic E-state index is 2.26. The predicted molar refractivity (Wildman–Crippen MR) is 143 cm³/mol. The molecule has 0 saturated heterocycles. The van der Waals surface area contributed by atoms with Crippen molar-refractivity contribution in [2.75, 3.05) is 0 Å². The lowest BCUT2D eigenvalue weighted by Gasteiger charge is -1.99. The van der Waals surface area contributed by atoms with Crippen LogP contribution < -0.4 is 0 Å². The van der Waals surface area contributed by atoms with Gasteiger partial charge in [-0.25, -0.2) is 0 Å². The molecule has 4 aromatic rings. The monoisotopic (exact) mass is 414 g/mol. The number of hydrogen-bond donors (Lipinski definition) is 0. The van der Waals surface area contributed by atoms with Crippen LogP contribution in [0.3, 0.4) is 0 Å². The Hall–Kier alpha value is -2.86. The van der Waals surface area contributed by atoms with E-state index in [9.17, 15) is 0 Å². The maximum atomic E-state index is 2.26. The molecule has 0 aliphatic carbocycles. The van der Waals surface area contributed by atoms with Crippen molar-refractivity contribution in [1.82, 2.24) is 0 Å². The first kappa shape index (κ1) is 28.1. The van der Waals surface area contributed by atoms with Gasteiger partial charge in [-0.2, -0.15) is 0 Å². The zero-order valence-electron chi connectivity index (χ0n) is 18.4. The van der Waals surface area contributed by atoms with Crippen molar-refractivity contribution in [3.05, 3.63) is 119 Å². The highest BCUT2D eigenvalue weighted by Gasteiger charge is 1.92. The van der Waals surface area contributed by atoms with E-state index in [-0.39, 0.29) is 14.9 Å². The fourth-order valence-corrected chi connectivity index (χ4v) is 3.00. The molecule has 0 fully saturated rings. The van der Waals surface area contributed by atoms with Crippen molar-refractivity contribution in [3.8, 4) is 0 Å². The molecule has 0 saturated carbocycles. The second kappa shape index (κ2) is 15.9. The third-order valence-electron chi connectivity index (χ3n) is 5.00. The van der Waals surface area contributed by atoms with Crippen molar-refractivity contribution < 1.29 is 0 Å². The third kappa shape index (κ3) is 10.1. The smallest absolute Gasteiger partial charge is 0.0181 e. The minimum absolute atomic E-state index is 0. The zero-order chi connectivity index (χ0) is 20.9. The molecule has 0 amide bonds. The standard InChI is InChI=1S/C12H12.C9H12.C8H10.2CH4/c1-2-10-7-8-11-5-3-4-6-12(11)9-10;1-3-9-6-4-8(2)5-7-9;1-2-8-6-4-3-5-7-8;;/h3-9H,2H2,1H3;4-7H,3H2,1-2H3;3-7H,2H2,1H3;2*1H4. The second-order valence-corrected chi connectivity index (χ2v) is 7.21. The van der Waals surface area contributed by atoms with Gasteiger partial charge in [0.05, 0.1) is 0 Å². The number of aryl methyl sites for hydroxylation is 4.